The summed E-state index contributed by atoms with van der Waals surface area (Å²) in [5, 5.41) is 17.5. The number of carboxylic acid groups (broad SMARTS) is 1. The first-order valence-corrected chi connectivity index (χ1v) is 5.40. The van der Waals surface area contributed by atoms with E-state index in [1.807, 2.05) is 0 Å². The molecule has 0 aliphatic heterocycles. The Labute approximate surface area is 109 Å². The molecule has 0 aliphatic carbocycles. The van der Waals surface area contributed by atoms with Gasteiger partial charge in [-0.25, -0.2) is 4.68 Å². The van der Waals surface area contributed by atoms with Gasteiger partial charge in [-0.05, 0) is 23.8 Å². The highest BCUT2D eigenvalue weighted by Crippen LogP contribution is 2.43. The highest BCUT2D eigenvalue weighted by molar-refractivity contribution is 5.73. The maximum absolute atomic E-state index is 13.2. The van der Waals surface area contributed by atoms with Gasteiger partial charge in [-0.15, -0.1) is 5.10 Å². The zero-order valence-electron chi connectivity index (χ0n) is 10.4. The Bertz CT molecular complexity index is 501. The average Bonchev–Trinajstić information content (AvgIpc) is 2.75. The topological polar surface area (TPSA) is 80.9 Å². The maximum atomic E-state index is 13.2. The number of nitrogens with zero attached hydrogens (tertiary/aromatic N) is 4. The Morgan fingerprint density at radius 1 is 1.30 bits per heavy atom. The van der Waals surface area contributed by atoms with Crippen LogP contribution < -0.4 is 0 Å². The monoisotopic (exact) mass is 302 g/mol. The van der Waals surface area contributed by atoms with E-state index in [0.29, 0.717) is 0 Å². The summed E-state index contributed by atoms with van der Waals surface area (Å²) in [6, 6.07) is 0. The molecule has 20 heavy (non-hydrogen) atoms. The number of rotatable bonds is 5. The molecule has 0 aromatic carbocycles. The molecule has 1 atom stereocenters. The molecule has 0 spiro atoms. The molecule has 0 radical (unpaired) electrons. The largest absolute Gasteiger partial charge is 0.481 e. The van der Waals surface area contributed by atoms with Gasteiger partial charge < -0.3 is 5.11 Å². The van der Waals surface area contributed by atoms with Crippen LogP contribution >= 0.6 is 0 Å². The van der Waals surface area contributed by atoms with Crippen molar-refractivity contribution < 1.29 is 31.9 Å². The van der Waals surface area contributed by atoms with Crippen molar-refractivity contribution in [3.8, 4) is 0 Å². The van der Waals surface area contributed by atoms with Gasteiger partial charge in [0.05, 0.1) is 12.0 Å². The number of halogens is 5. The molecule has 0 saturated heterocycles. The summed E-state index contributed by atoms with van der Waals surface area (Å²) in [6.07, 6.45) is -5.87. The maximum Gasteiger partial charge on any atom is 0.461 e. The zero-order valence-corrected chi connectivity index (χ0v) is 10.4. The molecule has 0 fully saturated rings. The van der Waals surface area contributed by atoms with Crippen molar-refractivity contribution in [2.24, 2.45) is 5.41 Å². The molecule has 1 aromatic heterocycles. The van der Waals surface area contributed by atoms with E-state index in [1.54, 1.807) is 0 Å². The Morgan fingerprint density at radius 3 is 2.25 bits per heavy atom. The fourth-order valence-electron chi connectivity index (χ4n) is 1.32. The van der Waals surface area contributed by atoms with Crippen molar-refractivity contribution in [1.82, 2.24) is 20.2 Å². The second-order valence-electron chi connectivity index (χ2n) is 4.45. The minimum Gasteiger partial charge on any atom is -0.481 e. The van der Waals surface area contributed by atoms with Crippen LogP contribution in [0.1, 0.15) is 26.1 Å². The third-order valence-corrected chi connectivity index (χ3v) is 2.96. The summed E-state index contributed by atoms with van der Waals surface area (Å²) in [5.74, 6) is -8.34. The molecule has 1 aromatic rings. The molecular weight excluding hydrogens is 291 g/mol. The van der Waals surface area contributed by atoms with Crippen LogP contribution in [0.5, 0.6) is 0 Å². The van der Waals surface area contributed by atoms with Gasteiger partial charge in [0, 0.05) is 0 Å². The van der Waals surface area contributed by atoms with Crippen LogP contribution in [0.4, 0.5) is 22.0 Å². The van der Waals surface area contributed by atoms with Gasteiger partial charge in [0.15, 0.2) is 0 Å². The first-order chi connectivity index (χ1) is 8.95. The molecule has 0 saturated carbocycles. The Balaban J connectivity index is 3.20. The van der Waals surface area contributed by atoms with Crippen LogP contribution in [-0.2, 0) is 17.3 Å². The standard InChI is InChI=1S/C9H11F5N4O2/c1-3-7(2,6(19)20)4-18-5(15-16-17-18)8(10,11)9(12,13)14/h3-4H2,1-2H3,(H,19,20). The molecule has 114 valence electrons. The van der Waals surface area contributed by atoms with Gasteiger partial charge in [-0.1, -0.05) is 6.92 Å². The molecule has 1 heterocycles. The number of alkyl halides is 5. The number of tetrazole rings is 1. The molecular formula is C9H11F5N4O2. The van der Waals surface area contributed by atoms with Crippen molar-refractivity contribution in [3.63, 3.8) is 0 Å². The van der Waals surface area contributed by atoms with Crippen molar-refractivity contribution in [3.05, 3.63) is 5.82 Å². The molecule has 1 rings (SSSR count). The predicted molar refractivity (Wildman–Crippen MR) is 53.8 cm³/mol. The second kappa shape index (κ2) is 4.94. The first kappa shape index (κ1) is 16.2. The van der Waals surface area contributed by atoms with Crippen LogP contribution in [0.15, 0.2) is 0 Å². The molecule has 0 bridgehead atoms. The summed E-state index contributed by atoms with van der Waals surface area (Å²) in [4.78, 5) is 11.0. The van der Waals surface area contributed by atoms with Crippen LogP contribution in [-0.4, -0.2) is 37.5 Å². The van der Waals surface area contributed by atoms with E-state index in [4.69, 9.17) is 5.11 Å². The van der Waals surface area contributed by atoms with Gasteiger partial charge >= 0.3 is 18.1 Å². The lowest BCUT2D eigenvalue weighted by molar-refractivity contribution is -0.294. The van der Waals surface area contributed by atoms with E-state index >= 15 is 0 Å². The Kier molecular flexibility index (Phi) is 4.02. The quantitative estimate of drug-likeness (QED) is 0.839. The predicted octanol–water partition coefficient (Wildman–Crippen LogP) is 1.83. The Hall–Kier alpha value is -1.81. The van der Waals surface area contributed by atoms with E-state index in [-0.39, 0.29) is 11.1 Å². The third kappa shape index (κ3) is 2.70. The third-order valence-electron chi connectivity index (χ3n) is 2.96. The molecule has 1 N–H and O–H groups in total. The molecule has 0 amide bonds. The lowest BCUT2D eigenvalue weighted by atomic mass is 9.88. The van der Waals surface area contributed by atoms with Gasteiger partial charge in [-0.3, -0.25) is 4.79 Å². The summed E-state index contributed by atoms with van der Waals surface area (Å²) >= 11 is 0. The number of aliphatic carboxylic acids is 1. The number of aromatic nitrogens is 4. The van der Waals surface area contributed by atoms with Gasteiger partial charge in [0.25, 0.3) is 0 Å². The van der Waals surface area contributed by atoms with Crippen LogP contribution in [0, 0.1) is 5.41 Å². The van der Waals surface area contributed by atoms with E-state index < -0.39 is 35.9 Å². The summed E-state index contributed by atoms with van der Waals surface area (Å²) in [6.45, 7) is 1.96. The number of hydrogen-bond acceptors (Lipinski definition) is 4. The van der Waals surface area contributed by atoms with Gasteiger partial charge in [0.2, 0.25) is 5.82 Å². The molecule has 11 heteroatoms. The van der Waals surface area contributed by atoms with Crippen LogP contribution in [0.3, 0.4) is 0 Å². The minimum atomic E-state index is -5.87. The highest BCUT2D eigenvalue weighted by Gasteiger charge is 2.62. The van der Waals surface area contributed by atoms with Crippen LogP contribution in [0.2, 0.25) is 0 Å². The van der Waals surface area contributed by atoms with E-state index in [0.717, 1.165) is 0 Å². The molecule has 1 unspecified atom stereocenters. The fraction of sp³-hybridized carbons (Fsp3) is 0.778. The average molecular weight is 302 g/mol. The van der Waals surface area contributed by atoms with Crippen molar-refractivity contribution >= 4 is 5.97 Å². The number of carboxylic acids is 1. The molecule has 6 nitrogen and oxygen atoms in total. The Morgan fingerprint density at radius 2 is 1.85 bits per heavy atom. The fourth-order valence-corrected chi connectivity index (χ4v) is 1.32. The van der Waals surface area contributed by atoms with Crippen LogP contribution in [0.25, 0.3) is 0 Å². The summed E-state index contributed by atoms with van der Waals surface area (Å²) < 4.78 is 63.4. The van der Waals surface area contributed by atoms with Crippen molar-refractivity contribution in [2.45, 2.75) is 38.9 Å². The lowest BCUT2D eigenvalue weighted by Crippen LogP contribution is -2.39. The van der Waals surface area contributed by atoms with E-state index in [2.05, 4.69) is 15.5 Å². The number of carbonyl (C=O) groups is 1. The number of hydrogen-bond donors (Lipinski definition) is 1. The zero-order chi connectivity index (χ0) is 15.8. The first-order valence-electron chi connectivity index (χ1n) is 5.40. The minimum absolute atomic E-state index is 0.000771. The SMILES string of the molecule is CCC(C)(Cn1nnnc1C(F)(F)C(F)(F)F)C(=O)O. The van der Waals surface area contributed by atoms with Gasteiger partial charge in [0.1, 0.15) is 0 Å². The van der Waals surface area contributed by atoms with E-state index in [9.17, 15) is 26.7 Å². The lowest BCUT2D eigenvalue weighted by Gasteiger charge is -2.24. The normalized spacial score (nSPS) is 15.9. The van der Waals surface area contributed by atoms with Crippen molar-refractivity contribution in [1.29, 1.82) is 0 Å². The second-order valence-corrected chi connectivity index (χ2v) is 4.45. The summed E-state index contributed by atoms with van der Waals surface area (Å²) in [7, 11) is 0. The smallest absolute Gasteiger partial charge is 0.461 e. The van der Waals surface area contributed by atoms with Gasteiger partial charge in [-0.2, -0.15) is 22.0 Å². The summed E-state index contributed by atoms with van der Waals surface area (Å²) in [5.41, 5.74) is -1.56. The highest BCUT2D eigenvalue weighted by atomic mass is 19.4. The van der Waals surface area contributed by atoms with E-state index in [1.165, 1.54) is 13.8 Å². The van der Waals surface area contributed by atoms with Crippen molar-refractivity contribution in [2.75, 3.05) is 0 Å². The molecule has 0 aliphatic rings.